The van der Waals surface area contributed by atoms with Gasteiger partial charge in [-0.05, 0) is 42.5 Å². The fourth-order valence-electron chi connectivity index (χ4n) is 2.14. The van der Waals surface area contributed by atoms with E-state index in [0.29, 0.717) is 24.3 Å². The predicted molar refractivity (Wildman–Crippen MR) is 84.8 cm³/mol. The van der Waals surface area contributed by atoms with E-state index in [1.807, 2.05) is 0 Å². The maximum Gasteiger partial charge on any atom is 2.00 e. The Labute approximate surface area is 159 Å². The molecule has 0 spiro atoms. The second-order valence-electron chi connectivity index (χ2n) is 5.10. The Kier molecular flexibility index (Phi) is 9.45. The molecule has 0 fully saturated rings. The molecule has 0 aromatic heterocycles. The fraction of sp³-hybridized carbons (Fsp3) is 0.235. The first-order chi connectivity index (χ1) is 11.1. The molecule has 25 heavy (non-hydrogen) atoms. The Bertz CT molecular complexity index is 680. The van der Waals surface area contributed by atoms with Gasteiger partial charge in [0, 0.05) is 0 Å². The summed E-state index contributed by atoms with van der Waals surface area (Å²) in [6, 6.07) is 2.35. The summed E-state index contributed by atoms with van der Waals surface area (Å²) in [4.78, 5) is -0.675. The van der Waals surface area contributed by atoms with Crippen LogP contribution in [-0.4, -0.2) is 13.0 Å². The maximum absolute atomic E-state index is 12.0. The fourth-order valence-corrected chi connectivity index (χ4v) is 2.61. The summed E-state index contributed by atoms with van der Waals surface area (Å²) >= 11 is 0. The number of alkyl halides is 3. The van der Waals surface area contributed by atoms with Gasteiger partial charge in [0.25, 0.3) is 0 Å². The summed E-state index contributed by atoms with van der Waals surface area (Å²) in [6.07, 6.45) is 7.51. The van der Waals surface area contributed by atoms with Crippen LogP contribution in [0, 0.1) is 18.8 Å². The van der Waals surface area contributed by atoms with Crippen LogP contribution in [0.4, 0.5) is 13.2 Å². The molecule has 8 heteroatoms. The van der Waals surface area contributed by atoms with Gasteiger partial charge in [0.15, 0.2) is 0 Å². The third-order valence-corrected chi connectivity index (χ3v) is 4.08. The van der Waals surface area contributed by atoms with Crippen LogP contribution in [0.1, 0.15) is 12.0 Å². The second-order valence-corrected chi connectivity index (χ2v) is 6.48. The summed E-state index contributed by atoms with van der Waals surface area (Å²) in [6.45, 7) is 6.50. The third kappa shape index (κ3) is 8.06. The molecule has 1 aromatic rings. The molecule has 0 unspecified atom stereocenters. The minimum Gasteiger partial charge on any atom is -0.744 e. The average Bonchev–Trinajstić information content (AvgIpc) is 3.12. The van der Waals surface area contributed by atoms with E-state index in [4.69, 9.17) is 0 Å². The van der Waals surface area contributed by atoms with Crippen molar-refractivity contribution in [2.45, 2.75) is 17.5 Å². The molecule has 3 rings (SSSR count). The second kappa shape index (κ2) is 9.98. The van der Waals surface area contributed by atoms with Crippen molar-refractivity contribution in [2.24, 2.45) is 11.8 Å². The molecule has 140 valence electrons. The van der Waals surface area contributed by atoms with Gasteiger partial charge in [0.1, 0.15) is 10.1 Å². The van der Waals surface area contributed by atoms with Crippen LogP contribution in [0.2, 0.25) is 0 Å². The topological polar surface area (TPSA) is 57.2 Å². The van der Waals surface area contributed by atoms with Gasteiger partial charge in [-0.25, -0.2) is 28.0 Å². The molecule has 0 saturated heterocycles. The number of hydrogen-bond donors (Lipinski definition) is 0. The summed E-state index contributed by atoms with van der Waals surface area (Å²) in [5.41, 5.74) is -0.995. The van der Waals surface area contributed by atoms with E-state index in [0.717, 1.165) is 11.8 Å². The first kappa shape index (κ1) is 23.7. The summed E-state index contributed by atoms with van der Waals surface area (Å²) in [5, 5.41) is 0. The molecular weight excluding hydrogens is 448 g/mol. The Morgan fingerprint density at radius 1 is 1.08 bits per heavy atom. The van der Waals surface area contributed by atoms with Crippen LogP contribution in [0.25, 0.3) is 0 Å². The van der Waals surface area contributed by atoms with Gasteiger partial charge >= 0.3 is 26.6 Å². The first-order valence-electron chi connectivity index (χ1n) is 6.98. The van der Waals surface area contributed by atoms with E-state index in [9.17, 15) is 26.1 Å². The van der Waals surface area contributed by atoms with Gasteiger partial charge in [0.2, 0.25) is 0 Å². The molecule has 0 heterocycles. The number of benzene rings is 1. The van der Waals surface area contributed by atoms with E-state index in [-0.39, 0.29) is 20.4 Å². The first-order valence-corrected chi connectivity index (χ1v) is 8.38. The van der Waals surface area contributed by atoms with Crippen molar-refractivity contribution in [1.82, 2.24) is 0 Å². The molecule has 0 atom stereocenters. The SMILES string of the molecule is C1=CC2C=CC1C2.C=C[CH2-].O=S(=O)([O-])c1ccc(C(F)(F)F)cc1.[Pd+2]. The predicted octanol–water partition coefficient (Wildman–Crippen LogP) is 4.36. The number of halogens is 3. The zero-order valence-corrected chi connectivity index (χ0v) is 15.4. The van der Waals surface area contributed by atoms with Gasteiger partial charge in [-0.2, -0.15) is 13.2 Å². The largest absolute Gasteiger partial charge is 2.00 e. The van der Waals surface area contributed by atoms with E-state index < -0.39 is 26.8 Å². The zero-order valence-electron chi connectivity index (χ0n) is 13.1. The van der Waals surface area contributed by atoms with E-state index in [1.165, 1.54) is 12.5 Å². The molecule has 2 aliphatic carbocycles. The third-order valence-electron chi connectivity index (χ3n) is 3.23. The summed E-state index contributed by atoms with van der Waals surface area (Å²) in [7, 11) is -4.68. The zero-order chi connectivity index (χ0) is 18.4. The average molecular weight is 465 g/mol. The maximum atomic E-state index is 12.0. The van der Waals surface area contributed by atoms with Gasteiger partial charge < -0.3 is 4.55 Å². The number of hydrogen-bond acceptors (Lipinski definition) is 3. The Morgan fingerprint density at radius 2 is 1.44 bits per heavy atom. The van der Waals surface area contributed by atoms with Gasteiger partial charge in [-0.1, -0.05) is 24.3 Å². The minimum atomic E-state index is -4.68. The number of allylic oxidation sites excluding steroid dienone is 5. The Hall–Kier alpha value is -1.33. The van der Waals surface area contributed by atoms with Gasteiger partial charge in [-0.3, -0.25) is 0 Å². The normalized spacial score (nSPS) is 19.8. The van der Waals surface area contributed by atoms with Crippen LogP contribution >= 0.6 is 0 Å². The van der Waals surface area contributed by atoms with Crippen molar-refractivity contribution in [3.05, 3.63) is 73.7 Å². The molecule has 2 aliphatic rings. The van der Waals surface area contributed by atoms with Crippen LogP contribution in [-0.2, 0) is 36.7 Å². The van der Waals surface area contributed by atoms with Crippen molar-refractivity contribution in [2.75, 3.05) is 0 Å². The van der Waals surface area contributed by atoms with Crippen LogP contribution in [0.15, 0.2) is 66.1 Å². The number of fused-ring (bicyclic) bond motifs is 2. The van der Waals surface area contributed by atoms with Crippen LogP contribution in [0.5, 0.6) is 0 Å². The van der Waals surface area contributed by atoms with Crippen molar-refractivity contribution in [1.29, 1.82) is 0 Å². The van der Waals surface area contributed by atoms with Gasteiger partial charge in [-0.15, -0.1) is 0 Å². The molecule has 0 saturated carbocycles. The molecule has 1 aromatic carbocycles. The standard InChI is InChI=1S/C7H5F3O3S.C7H8.C3H5.Pd/c8-7(9,10)5-1-3-6(4-2-5)14(11,12)13;1-2-7-4-3-6(1)5-7;1-3-2;/h1-4H,(H,11,12,13);1-4,6-7H,5H2;3H,1-2H2;/q;;-1;+2/p-1. The Balaban J connectivity index is 0.000000434. The van der Waals surface area contributed by atoms with Gasteiger partial charge in [0.05, 0.1) is 10.5 Å². The van der Waals surface area contributed by atoms with Crippen LogP contribution < -0.4 is 0 Å². The molecular formula is C17H17F3O3PdS. The summed E-state index contributed by atoms with van der Waals surface area (Å²) < 4.78 is 67.0. The smallest absolute Gasteiger partial charge is 0.744 e. The summed E-state index contributed by atoms with van der Waals surface area (Å²) in [5.74, 6) is 1.62. The van der Waals surface area contributed by atoms with Crippen molar-refractivity contribution < 1.29 is 46.6 Å². The number of rotatable bonds is 1. The van der Waals surface area contributed by atoms with E-state index >= 15 is 0 Å². The minimum absolute atomic E-state index is 0. The molecule has 0 radical (unpaired) electrons. The Morgan fingerprint density at radius 3 is 1.64 bits per heavy atom. The molecule has 0 aliphatic heterocycles. The molecule has 3 nitrogen and oxygen atoms in total. The molecule has 0 N–H and O–H groups in total. The quantitative estimate of drug-likeness (QED) is 0.268. The van der Waals surface area contributed by atoms with Crippen molar-refractivity contribution in [3.63, 3.8) is 0 Å². The van der Waals surface area contributed by atoms with Crippen molar-refractivity contribution >= 4 is 10.1 Å². The van der Waals surface area contributed by atoms with E-state index in [2.05, 4.69) is 37.8 Å². The monoisotopic (exact) mass is 464 g/mol. The van der Waals surface area contributed by atoms with E-state index in [1.54, 1.807) is 0 Å². The van der Waals surface area contributed by atoms with Crippen LogP contribution in [0.3, 0.4) is 0 Å². The molecule has 0 amide bonds. The van der Waals surface area contributed by atoms with Crippen molar-refractivity contribution in [3.8, 4) is 0 Å². The molecule has 2 bridgehead atoms.